The molecule has 4 aromatic rings. The highest BCUT2D eigenvalue weighted by atomic mass is 35.5. The molecule has 184 valence electrons. The van der Waals surface area contributed by atoms with Gasteiger partial charge in [-0.05, 0) is 43.9 Å². The van der Waals surface area contributed by atoms with Crippen molar-refractivity contribution in [3.05, 3.63) is 52.9 Å². The number of likely N-dealkylation sites (tertiary alicyclic amines) is 1. The Morgan fingerprint density at radius 2 is 1.89 bits per heavy atom. The Hall–Kier alpha value is -3.27. The molecule has 4 heterocycles. The Morgan fingerprint density at radius 3 is 2.67 bits per heavy atom. The Morgan fingerprint density at radius 1 is 1.08 bits per heavy atom. The standard InChI is InChI=1S/C25H23Cl2N7O2/c26-18-4-3-5-19(27)22(18)25-32-31-24(36-25)17-8-14(10-29-23(17)28)16-11-30-34(12-16)21-6-1-2-7-33(21)20-9-15(20)13-35/h3-5,8,10-13,15,20-21H,1-2,6-7,9H2,(H2,28,29). The first-order chi connectivity index (χ1) is 17.5. The van der Waals surface area contributed by atoms with Crippen LogP contribution in [0.3, 0.4) is 0 Å². The molecule has 2 fully saturated rings. The number of hydrogen-bond donors (Lipinski definition) is 1. The smallest absolute Gasteiger partial charge is 0.251 e. The zero-order valence-electron chi connectivity index (χ0n) is 19.2. The van der Waals surface area contributed by atoms with Gasteiger partial charge in [-0.15, -0.1) is 10.2 Å². The van der Waals surface area contributed by atoms with Crippen LogP contribution in [0.2, 0.25) is 10.0 Å². The molecule has 1 saturated carbocycles. The number of nitrogen functional groups attached to an aromatic ring is 1. The first kappa shape index (κ1) is 23.1. The second kappa shape index (κ2) is 9.31. The molecule has 36 heavy (non-hydrogen) atoms. The Bertz CT molecular complexity index is 1420. The van der Waals surface area contributed by atoms with Crippen LogP contribution in [-0.2, 0) is 4.79 Å². The molecule has 9 nitrogen and oxygen atoms in total. The highest BCUT2D eigenvalue weighted by Gasteiger charge is 2.45. The number of rotatable bonds is 6. The summed E-state index contributed by atoms with van der Waals surface area (Å²) in [6.07, 6.45) is 11.0. The molecule has 0 radical (unpaired) electrons. The SMILES string of the molecule is Nc1ncc(-c2cnn(C3CCCCN3C3CC3C=O)c2)cc1-c1nnc(-c2c(Cl)cccc2Cl)o1. The minimum absolute atomic E-state index is 0.141. The summed E-state index contributed by atoms with van der Waals surface area (Å²) in [5, 5.41) is 13.8. The van der Waals surface area contributed by atoms with Crippen LogP contribution in [0.15, 0.2) is 47.3 Å². The molecule has 1 aliphatic carbocycles. The molecule has 3 unspecified atom stereocenters. The number of carbonyl (C=O) groups excluding carboxylic acids is 1. The van der Waals surface area contributed by atoms with E-state index in [4.69, 9.17) is 33.4 Å². The zero-order valence-corrected chi connectivity index (χ0v) is 20.7. The molecular weight excluding hydrogens is 501 g/mol. The van der Waals surface area contributed by atoms with Crippen LogP contribution in [0.25, 0.3) is 34.0 Å². The second-order valence-electron chi connectivity index (χ2n) is 9.19. The number of hydrogen-bond acceptors (Lipinski definition) is 8. The number of aldehydes is 1. The molecule has 11 heteroatoms. The fourth-order valence-electron chi connectivity index (χ4n) is 4.92. The summed E-state index contributed by atoms with van der Waals surface area (Å²) in [5.41, 5.74) is 8.85. The maximum absolute atomic E-state index is 11.2. The molecule has 0 amide bonds. The van der Waals surface area contributed by atoms with Gasteiger partial charge in [-0.25, -0.2) is 4.98 Å². The number of benzene rings is 1. The molecule has 3 atom stereocenters. The van der Waals surface area contributed by atoms with Gasteiger partial charge in [-0.1, -0.05) is 29.3 Å². The van der Waals surface area contributed by atoms with Crippen LogP contribution < -0.4 is 5.73 Å². The third kappa shape index (κ3) is 4.17. The Labute approximate surface area is 217 Å². The van der Waals surface area contributed by atoms with E-state index in [0.29, 0.717) is 27.2 Å². The van der Waals surface area contributed by atoms with E-state index in [1.165, 1.54) is 0 Å². The highest BCUT2D eigenvalue weighted by molar-refractivity contribution is 6.38. The van der Waals surface area contributed by atoms with E-state index in [0.717, 1.165) is 49.6 Å². The monoisotopic (exact) mass is 523 g/mol. The molecule has 1 saturated heterocycles. The Balaban J connectivity index is 1.29. The van der Waals surface area contributed by atoms with Crippen molar-refractivity contribution in [1.82, 2.24) is 29.9 Å². The van der Waals surface area contributed by atoms with Crippen molar-refractivity contribution in [2.45, 2.75) is 37.9 Å². The van der Waals surface area contributed by atoms with E-state index in [2.05, 4.69) is 25.2 Å². The normalized spacial score (nSPS) is 22.0. The summed E-state index contributed by atoms with van der Waals surface area (Å²) in [5.74, 6) is 0.819. The van der Waals surface area contributed by atoms with Gasteiger partial charge in [0.25, 0.3) is 11.8 Å². The lowest BCUT2D eigenvalue weighted by atomic mass is 10.1. The largest absolute Gasteiger partial charge is 0.416 e. The van der Waals surface area contributed by atoms with Crippen molar-refractivity contribution < 1.29 is 9.21 Å². The lowest BCUT2D eigenvalue weighted by Gasteiger charge is -2.36. The van der Waals surface area contributed by atoms with Crippen LogP contribution in [0, 0.1) is 5.92 Å². The summed E-state index contributed by atoms with van der Waals surface area (Å²) in [6, 6.07) is 7.34. The van der Waals surface area contributed by atoms with Gasteiger partial charge in [0, 0.05) is 42.0 Å². The lowest BCUT2D eigenvalue weighted by Crippen LogP contribution is -2.39. The van der Waals surface area contributed by atoms with Gasteiger partial charge in [-0.2, -0.15) is 5.10 Å². The second-order valence-corrected chi connectivity index (χ2v) is 10.0. The van der Waals surface area contributed by atoms with Gasteiger partial charge in [0.05, 0.1) is 27.4 Å². The molecule has 3 aromatic heterocycles. The minimum Gasteiger partial charge on any atom is -0.416 e. The van der Waals surface area contributed by atoms with Gasteiger partial charge in [0.1, 0.15) is 18.3 Å². The number of carbonyl (C=O) groups is 1. The van der Waals surface area contributed by atoms with Gasteiger partial charge in [-0.3, -0.25) is 9.58 Å². The summed E-state index contributed by atoms with van der Waals surface area (Å²) in [6.45, 7) is 0.984. The number of nitrogens with zero attached hydrogens (tertiary/aromatic N) is 6. The van der Waals surface area contributed by atoms with Crippen molar-refractivity contribution in [3.63, 3.8) is 0 Å². The fraction of sp³-hybridized carbons (Fsp3) is 0.320. The lowest BCUT2D eigenvalue weighted by molar-refractivity contribution is -0.109. The highest BCUT2D eigenvalue weighted by Crippen LogP contribution is 2.41. The van der Waals surface area contributed by atoms with Crippen molar-refractivity contribution in [2.75, 3.05) is 12.3 Å². The van der Waals surface area contributed by atoms with Gasteiger partial charge in [0.15, 0.2) is 0 Å². The molecule has 2 N–H and O–H groups in total. The van der Waals surface area contributed by atoms with Crippen LogP contribution in [0.5, 0.6) is 0 Å². The number of pyridine rings is 1. The third-order valence-corrected chi connectivity index (χ3v) is 7.54. The molecular formula is C25H23Cl2N7O2. The van der Waals surface area contributed by atoms with Gasteiger partial charge < -0.3 is 14.9 Å². The van der Waals surface area contributed by atoms with Crippen molar-refractivity contribution in [3.8, 4) is 34.0 Å². The third-order valence-electron chi connectivity index (χ3n) is 6.91. The quantitative estimate of drug-likeness (QED) is 0.346. The first-order valence-corrected chi connectivity index (χ1v) is 12.6. The molecule has 2 aliphatic rings. The number of halogens is 2. The number of anilines is 1. The van der Waals surface area contributed by atoms with Gasteiger partial charge in [0.2, 0.25) is 0 Å². The topological polar surface area (TPSA) is 116 Å². The van der Waals surface area contributed by atoms with E-state index in [1.54, 1.807) is 24.4 Å². The van der Waals surface area contributed by atoms with Crippen LogP contribution >= 0.6 is 23.2 Å². The minimum atomic E-state index is 0.141. The molecule has 0 spiro atoms. The summed E-state index contributed by atoms with van der Waals surface area (Å²) in [7, 11) is 0. The van der Waals surface area contributed by atoms with Crippen molar-refractivity contribution in [2.24, 2.45) is 5.92 Å². The van der Waals surface area contributed by atoms with Crippen molar-refractivity contribution in [1.29, 1.82) is 0 Å². The zero-order chi connectivity index (χ0) is 24.8. The number of piperidine rings is 1. The van der Waals surface area contributed by atoms with E-state index in [9.17, 15) is 4.79 Å². The van der Waals surface area contributed by atoms with Gasteiger partial charge >= 0.3 is 0 Å². The van der Waals surface area contributed by atoms with Crippen LogP contribution in [0.1, 0.15) is 31.8 Å². The molecule has 6 rings (SSSR count). The molecule has 1 aliphatic heterocycles. The van der Waals surface area contributed by atoms with E-state index in [1.807, 2.05) is 23.1 Å². The van der Waals surface area contributed by atoms with Crippen LogP contribution in [-0.4, -0.2) is 48.7 Å². The Kier molecular flexibility index (Phi) is 5.99. The maximum Gasteiger partial charge on any atom is 0.251 e. The predicted octanol–water partition coefficient (Wildman–Crippen LogP) is 5.12. The van der Waals surface area contributed by atoms with E-state index in [-0.39, 0.29) is 29.7 Å². The summed E-state index contributed by atoms with van der Waals surface area (Å²) >= 11 is 12.6. The maximum atomic E-state index is 11.2. The summed E-state index contributed by atoms with van der Waals surface area (Å²) < 4.78 is 7.89. The van der Waals surface area contributed by atoms with E-state index >= 15 is 0 Å². The fourth-order valence-corrected chi connectivity index (χ4v) is 5.48. The van der Waals surface area contributed by atoms with Crippen molar-refractivity contribution >= 4 is 35.3 Å². The predicted molar refractivity (Wildman–Crippen MR) is 136 cm³/mol. The first-order valence-electron chi connectivity index (χ1n) is 11.8. The number of aromatic nitrogens is 5. The van der Waals surface area contributed by atoms with Crippen LogP contribution in [0.4, 0.5) is 5.82 Å². The molecule has 1 aromatic carbocycles. The van der Waals surface area contributed by atoms with E-state index < -0.39 is 0 Å². The number of nitrogens with two attached hydrogens (primary N) is 1. The molecule has 0 bridgehead atoms. The average molecular weight is 524 g/mol. The average Bonchev–Trinajstić information content (AvgIpc) is 3.25. The summed E-state index contributed by atoms with van der Waals surface area (Å²) in [4.78, 5) is 18.0.